The van der Waals surface area contributed by atoms with Gasteiger partial charge >= 0.3 is 11.7 Å². The zero-order chi connectivity index (χ0) is 21.3. The Balaban J connectivity index is 1.72. The van der Waals surface area contributed by atoms with Crippen molar-refractivity contribution in [3.63, 3.8) is 0 Å². The molecule has 0 unspecified atom stereocenters. The number of carbonyl (C=O) groups is 2. The molecule has 1 heterocycles. The van der Waals surface area contributed by atoms with Gasteiger partial charge in [0.2, 0.25) is 5.78 Å². The van der Waals surface area contributed by atoms with Crippen molar-refractivity contribution in [1.29, 1.82) is 0 Å². The SMILES string of the molecule is Cc1cc(C)c(C(=O)COC(=O)Cn2c(=O)oc3cc([N+](=O)[O-])ccc32)cc1C. The second-order valence-electron chi connectivity index (χ2n) is 6.70. The fraction of sp³-hybridized carbons (Fsp3) is 0.250. The fourth-order valence-electron chi connectivity index (χ4n) is 2.98. The molecule has 0 atom stereocenters. The lowest BCUT2D eigenvalue weighted by atomic mass is 9.98. The Bertz CT molecular complexity index is 1200. The Morgan fingerprint density at radius 3 is 2.48 bits per heavy atom. The maximum Gasteiger partial charge on any atom is 0.420 e. The molecule has 0 aliphatic heterocycles. The van der Waals surface area contributed by atoms with Crippen molar-refractivity contribution in [3.05, 3.63) is 73.3 Å². The smallest absolute Gasteiger partial charge is 0.420 e. The Kier molecular flexibility index (Phi) is 5.31. The van der Waals surface area contributed by atoms with Crippen LogP contribution in [-0.4, -0.2) is 27.8 Å². The lowest BCUT2D eigenvalue weighted by Crippen LogP contribution is -2.23. The summed E-state index contributed by atoms with van der Waals surface area (Å²) in [4.78, 5) is 46.7. The van der Waals surface area contributed by atoms with Crippen molar-refractivity contribution in [2.24, 2.45) is 0 Å². The number of fused-ring (bicyclic) bond motifs is 1. The highest BCUT2D eigenvalue weighted by atomic mass is 16.6. The molecule has 0 fully saturated rings. The van der Waals surface area contributed by atoms with Gasteiger partial charge in [0.1, 0.15) is 6.54 Å². The molecular weight excluding hydrogens is 380 g/mol. The van der Waals surface area contributed by atoms with Crippen molar-refractivity contribution >= 4 is 28.5 Å². The number of benzene rings is 2. The van der Waals surface area contributed by atoms with Crippen LogP contribution < -0.4 is 5.76 Å². The zero-order valence-corrected chi connectivity index (χ0v) is 16.1. The Labute approximate surface area is 164 Å². The molecule has 9 heteroatoms. The van der Waals surface area contributed by atoms with Crippen LogP contribution in [0.5, 0.6) is 0 Å². The largest absolute Gasteiger partial charge is 0.456 e. The second kappa shape index (κ2) is 7.70. The first-order valence-corrected chi connectivity index (χ1v) is 8.72. The normalized spacial score (nSPS) is 10.9. The van der Waals surface area contributed by atoms with E-state index in [1.165, 1.54) is 12.1 Å². The molecule has 0 bridgehead atoms. The summed E-state index contributed by atoms with van der Waals surface area (Å²) in [6.07, 6.45) is 0. The topological polar surface area (TPSA) is 122 Å². The predicted octanol–water partition coefficient (Wildman–Crippen LogP) is 2.85. The Hall–Kier alpha value is -3.75. The maximum absolute atomic E-state index is 12.4. The molecular formula is C20H18N2O7. The number of nitrogens with zero attached hydrogens (tertiary/aromatic N) is 2. The van der Waals surface area contributed by atoms with Gasteiger partial charge in [-0.2, -0.15) is 0 Å². The Morgan fingerprint density at radius 2 is 1.79 bits per heavy atom. The number of aromatic nitrogens is 1. The summed E-state index contributed by atoms with van der Waals surface area (Å²) in [7, 11) is 0. The fourth-order valence-corrected chi connectivity index (χ4v) is 2.98. The molecule has 9 nitrogen and oxygen atoms in total. The average Bonchev–Trinajstić information content (AvgIpc) is 2.97. The third-order valence-electron chi connectivity index (χ3n) is 4.66. The number of carbonyl (C=O) groups excluding carboxylic acids is 2. The Morgan fingerprint density at radius 1 is 1.10 bits per heavy atom. The number of non-ortho nitro benzene ring substituents is 1. The van der Waals surface area contributed by atoms with Crippen LogP contribution in [0.25, 0.3) is 11.1 Å². The van der Waals surface area contributed by atoms with Crippen LogP contribution in [0, 0.1) is 30.9 Å². The summed E-state index contributed by atoms with van der Waals surface area (Å²) in [5.74, 6) is -2.00. The molecule has 0 amide bonds. The van der Waals surface area contributed by atoms with Gasteiger partial charge in [0, 0.05) is 11.6 Å². The quantitative estimate of drug-likeness (QED) is 0.271. The first-order chi connectivity index (χ1) is 13.7. The summed E-state index contributed by atoms with van der Waals surface area (Å²) in [5.41, 5.74) is 3.23. The lowest BCUT2D eigenvalue weighted by Gasteiger charge is -2.09. The number of ether oxygens (including phenoxy) is 1. The number of hydrogen-bond acceptors (Lipinski definition) is 7. The van der Waals surface area contributed by atoms with Crippen molar-refractivity contribution in [2.45, 2.75) is 27.3 Å². The first kappa shape index (κ1) is 20.0. The van der Waals surface area contributed by atoms with Gasteiger partial charge in [-0.05, 0) is 49.6 Å². The van der Waals surface area contributed by atoms with Gasteiger partial charge in [-0.1, -0.05) is 6.07 Å². The van der Waals surface area contributed by atoms with Crippen molar-refractivity contribution in [1.82, 2.24) is 4.57 Å². The van der Waals surface area contributed by atoms with E-state index >= 15 is 0 Å². The molecule has 29 heavy (non-hydrogen) atoms. The minimum atomic E-state index is -0.853. The van der Waals surface area contributed by atoms with E-state index in [-0.39, 0.29) is 22.6 Å². The van der Waals surface area contributed by atoms with Crippen molar-refractivity contribution < 1.29 is 23.7 Å². The van der Waals surface area contributed by atoms with Gasteiger partial charge in [0.15, 0.2) is 12.2 Å². The average molecular weight is 398 g/mol. The summed E-state index contributed by atoms with van der Waals surface area (Å²) in [6, 6.07) is 7.26. The first-order valence-electron chi connectivity index (χ1n) is 8.72. The van der Waals surface area contributed by atoms with E-state index in [1.54, 1.807) is 13.0 Å². The molecule has 0 spiro atoms. The number of rotatable bonds is 6. The van der Waals surface area contributed by atoms with E-state index in [2.05, 4.69) is 0 Å². The van der Waals surface area contributed by atoms with Crippen molar-refractivity contribution in [3.8, 4) is 0 Å². The molecule has 3 rings (SSSR count). The molecule has 0 saturated carbocycles. The summed E-state index contributed by atoms with van der Waals surface area (Å²) >= 11 is 0. The molecule has 0 radical (unpaired) electrons. The number of oxazole rings is 1. The molecule has 0 aliphatic rings. The highest BCUT2D eigenvalue weighted by molar-refractivity contribution is 5.99. The van der Waals surface area contributed by atoms with E-state index in [0.29, 0.717) is 5.56 Å². The number of nitro groups is 1. The number of esters is 1. The van der Waals surface area contributed by atoms with Crippen LogP contribution in [0.15, 0.2) is 39.5 Å². The van der Waals surface area contributed by atoms with Gasteiger partial charge in [-0.15, -0.1) is 0 Å². The van der Waals surface area contributed by atoms with Crippen LogP contribution in [0.4, 0.5) is 5.69 Å². The molecule has 0 saturated heterocycles. The number of Topliss-reactive ketones (excluding diaryl/α,β-unsaturated/α-hetero) is 1. The van der Waals surface area contributed by atoms with Gasteiger partial charge < -0.3 is 9.15 Å². The minimum Gasteiger partial charge on any atom is -0.456 e. The molecule has 1 aromatic heterocycles. The highest BCUT2D eigenvalue weighted by Gasteiger charge is 2.18. The van der Waals surface area contributed by atoms with E-state index in [4.69, 9.17) is 9.15 Å². The van der Waals surface area contributed by atoms with E-state index in [1.807, 2.05) is 19.9 Å². The van der Waals surface area contributed by atoms with Crippen LogP contribution in [0.2, 0.25) is 0 Å². The number of aryl methyl sites for hydroxylation is 3. The summed E-state index contributed by atoms with van der Waals surface area (Å²) in [5, 5.41) is 10.8. The molecule has 2 aromatic carbocycles. The third kappa shape index (κ3) is 4.08. The van der Waals surface area contributed by atoms with Crippen LogP contribution in [-0.2, 0) is 16.1 Å². The molecule has 0 aliphatic carbocycles. The third-order valence-corrected chi connectivity index (χ3v) is 4.66. The summed E-state index contributed by atoms with van der Waals surface area (Å²) < 4.78 is 11.0. The van der Waals surface area contributed by atoms with Gasteiger partial charge in [-0.3, -0.25) is 24.3 Å². The van der Waals surface area contributed by atoms with Gasteiger partial charge in [0.05, 0.1) is 16.5 Å². The minimum absolute atomic E-state index is 0.0150. The maximum atomic E-state index is 12.4. The lowest BCUT2D eigenvalue weighted by molar-refractivity contribution is -0.384. The molecule has 0 N–H and O–H groups in total. The highest BCUT2D eigenvalue weighted by Crippen LogP contribution is 2.20. The second-order valence-corrected chi connectivity index (χ2v) is 6.70. The van der Waals surface area contributed by atoms with E-state index in [0.717, 1.165) is 27.3 Å². The van der Waals surface area contributed by atoms with Crippen molar-refractivity contribution in [2.75, 3.05) is 6.61 Å². The zero-order valence-electron chi connectivity index (χ0n) is 16.1. The van der Waals surface area contributed by atoms with Crippen LogP contribution >= 0.6 is 0 Å². The number of hydrogen-bond donors (Lipinski definition) is 0. The standard InChI is InChI=1S/C20H18N2O7/c1-11-6-13(3)15(7-12(11)2)17(23)10-28-19(24)9-21-16-5-4-14(22(26)27)8-18(16)29-20(21)25/h4-8H,9-10H2,1-3H3. The monoisotopic (exact) mass is 398 g/mol. The summed E-state index contributed by atoms with van der Waals surface area (Å²) in [6.45, 7) is 4.69. The van der Waals surface area contributed by atoms with E-state index in [9.17, 15) is 24.5 Å². The van der Waals surface area contributed by atoms with Crippen LogP contribution in [0.1, 0.15) is 27.0 Å². The molecule has 3 aromatic rings. The predicted molar refractivity (Wildman–Crippen MR) is 103 cm³/mol. The number of nitro benzene ring substituents is 1. The van der Waals surface area contributed by atoms with Crippen LogP contribution in [0.3, 0.4) is 0 Å². The van der Waals surface area contributed by atoms with Gasteiger partial charge in [-0.25, -0.2) is 4.79 Å². The molecule has 150 valence electrons. The van der Waals surface area contributed by atoms with E-state index < -0.39 is 29.8 Å². The number of ketones is 1. The van der Waals surface area contributed by atoms with Gasteiger partial charge in [0.25, 0.3) is 5.69 Å².